The van der Waals surface area contributed by atoms with Gasteiger partial charge in [0.2, 0.25) is 0 Å². The summed E-state index contributed by atoms with van der Waals surface area (Å²) < 4.78 is 2.17. The van der Waals surface area contributed by atoms with E-state index in [2.05, 4.69) is 104 Å². The van der Waals surface area contributed by atoms with Crippen LogP contribution in [0.5, 0.6) is 0 Å². The molecule has 0 atom stereocenters. The standard InChI is InChI=1S/C28H39N5/c1-21-26(22(2)33(30-21)19-23-10-8-7-9-11-23)20-32(18-24-12-14-29-15-13-24)25-16-27(3,4)31-28(5,6)17-25/h7-15,25,31H,16-20H2,1-6H3. The van der Waals surface area contributed by atoms with Crippen molar-refractivity contribution in [2.45, 2.75) is 91.1 Å². The minimum absolute atomic E-state index is 0.102. The Kier molecular flexibility index (Phi) is 6.73. The Balaban J connectivity index is 1.63. The molecule has 176 valence electrons. The van der Waals surface area contributed by atoms with Crippen LogP contribution in [0.25, 0.3) is 0 Å². The van der Waals surface area contributed by atoms with Crippen LogP contribution in [0.1, 0.15) is 68.6 Å². The molecule has 33 heavy (non-hydrogen) atoms. The largest absolute Gasteiger partial charge is 0.307 e. The quantitative estimate of drug-likeness (QED) is 0.539. The summed E-state index contributed by atoms with van der Waals surface area (Å²) in [6.45, 7) is 16.3. The van der Waals surface area contributed by atoms with Gasteiger partial charge in [-0.05, 0) is 77.6 Å². The summed E-state index contributed by atoms with van der Waals surface area (Å²) in [6.07, 6.45) is 6.05. The summed E-state index contributed by atoms with van der Waals surface area (Å²) in [5.41, 5.74) is 6.55. The van der Waals surface area contributed by atoms with Gasteiger partial charge in [-0.2, -0.15) is 5.10 Å². The molecule has 0 bridgehead atoms. The van der Waals surface area contributed by atoms with Crippen molar-refractivity contribution in [2.75, 3.05) is 0 Å². The molecule has 1 aliphatic heterocycles. The molecule has 0 radical (unpaired) electrons. The molecule has 0 aliphatic carbocycles. The lowest BCUT2D eigenvalue weighted by atomic mass is 9.78. The maximum Gasteiger partial charge on any atom is 0.0662 e. The zero-order chi connectivity index (χ0) is 23.6. The molecule has 3 aromatic rings. The van der Waals surface area contributed by atoms with Crippen LogP contribution in [0.3, 0.4) is 0 Å². The predicted octanol–water partition coefficient (Wildman–Crippen LogP) is 5.25. The number of nitrogens with one attached hydrogen (secondary N) is 1. The lowest BCUT2D eigenvalue weighted by molar-refractivity contribution is 0.0561. The fourth-order valence-electron chi connectivity index (χ4n) is 5.64. The Labute approximate surface area is 199 Å². The van der Waals surface area contributed by atoms with Crippen LogP contribution in [-0.2, 0) is 19.6 Å². The van der Waals surface area contributed by atoms with Crippen LogP contribution in [0.15, 0.2) is 54.9 Å². The summed E-state index contributed by atoms with van der Waals surface area (Å²) in [7, 11) is 0. The van der Waals surface area contributed by atoms with Crippen LogP contribution in [0.2, 0.25) is 0 Å². The van der Waals surface area contributed by atoms with E-state index in [1.54, 1.807) is 0 Å². The Morgan fingerprint density at radius 3 is 2.18 bits per heavy atom. The number of hydrogen-bond acceptors (Lipinski definition) is 4. The monoisotopic (exact) mass is 445 g/mol. The first-order chi connectivity index (χ1) is 15.6. The molecule has 1 aliphatic rings. The minimum Gasteiger partial charge on any atom is -0.307 e. The third-order valence-corrected chi connectivity index (χ3v) is 6.89. The maximum absolute atomic E-state index is 4.94. The molecule has 0 saturated carbocycles. The van der Waals surface area contributed by atoms with Crippen molar-refractivity contribution < 1.29 is 0 Å². The number of benzene rings is 1. The van der Waals surface area contributed by atoms with Crippen molar-refractivity contribution in [3.05, 3.63) is 82.9 Å². The molecule has 3 heterocycles. The number of aromatic nitrogens is 3. The molecule has 1 fully saturated rings. The highest BCUT2D eigenvalue weighted by atomic mass is 15.3. The van der Waals surface area contributed by atoms with E-state index in [0.29, 0.717) is 6.04 Å². The Hall–Kier alpha value is -2.50. The van der Waals surface area contributed by atoms with E-state index >= 15 is 0 Å². The molecule has 0 amide bonds. The Bertz CT molecular complexity index is 1040. The van der Waals surface area contributed by atoms with Gasteiger partial charge in [-0.25, -0.2) is 0 Å². The van der Waals surface area contributed by atoms with Gasteiger partial charge in [-0.3, -0.25) is 14.6 Å². The summed E-state index contributed by atoms with van der Waals surface area (Å²) in [4.78, 5) is 6.90. The summed E-state index contributed by atoms with van der Waals surface area (Å²) in [6, 6.07) is 15.4. The van der Waals surface area contributed by atoms with E-state index in [9.17, 15) is 0 Å². The first kappa shape index (κ1) is 23.7. The number of pyridine rings is 1. The molecular formula is C28H39N5. The molecule has 1 saturated heterocycles. The van der Waals surface area contributed by atoms with Crippen molar-refractivity contribution >= 4 is 0 Å². The molecule has 0 spiro atoms. The van der Waals surface area contributed by atoms with Crippen LogP contribution in [0, 0.1) is 13.8 Å². The zero-order valence-electron chi connectivity index (χ0n) is 21.1. The summed E-state index contributed by atoms with van der Waals surface area (Å²) in [5, 5.41) is 8.78. The lowest BCUT2D eigenvalue weighted by Crippen LogP contribution is -2.62. The fraction of sp³-hybridized carbons (Fsp3) is 0.500. The predicted molar refractivity (Wildman–Crippen MR) is 135 cm³/mol. The Morgan fingerprint density at radius 1 is 0.909 bits per heavy atom. The van der Waals surface area contributed by atoms with E-state index in [1.165, 1.54) is 22.4 Å². The number of rotatable bonds is 7. The topological polar surface area (TPSA) is 46.0 Å². The van der Waals surface area contributed by atoms with Crippen molar-refractivity contribution in [1.29, 1.82) is 0 Å². The van der Waals surface area contributed by atoms with Gasteiger partial charge in [-0.15, -0.1) is 0 Å². The van der Waals surface area contributed by atoms with E-state index in [0.717, 1.165) is 38.2 Å². The molecular weight excluding hydrogens is 406 g/mol. The van der Waals surface area contributed by atoms with Crippen LogP contribution in [-0.4, -0.2) is 36.8 Å². The van der Waals surface area contributed by atoms with Crippen LogP contribution >= 0.6 is 0 Å². The lowest BCUT2D eigenvalue weighted by Gasteiger charge is -2.49. The van der Waals surface area contributed by atoms with Gasteiger partial charge in [-0.1, -0.05) is 30.3 Å². The molecule has 5 nitrogen and oxygen atoms in total. The number of nitrogens with zero attached hydrogens (tertiary/aromatic N) is 4. The van der Waals surface area contributed by atoms with Gasteiger partial charge in [0, 0.05) is 53.9 Å². The second kappa shape index (κ2) is 9.40. The van der Waals surface area contributed by atoms with Crippen LogP contribution < -0.4 is 5.32 Å². The normalized spacial score (nSPS) is 18.0. The van der Waals surface area contributed by atoms with Crippen LogP contribution in [0.4, 0.5) is 0 Å². The number of piperidine rings is 1. The smallest absolute Gasteiger partial charge is 0.0662 e. The van der Waals surface area contributed by atoms with E-state index < -0.39 is 0 Å². The molecule has 0 unspecified atom stereocenters. The third-order valence-electron chi connectivity index (χ3n) is 6.89. The highest BCUT2D eigenvalue weighted by molar-refractivity contribution is 5.26. The van der Waals surface area contributed by atoms with Crippen molar-refractivity contribution in [3.63, 3.8) is 0 Å². The number of hydrogen-bond donors (Lipinski definition) is 1. The van der Waals surface area contributed by atoms with E-state index in [-0.39, 0.29) is 11.1 Å². The third kappa shape index (κ3) is 5.90. The van der Waals surface area contributed by atoms with Gasteiger partial charge < -0.3 is 5.32 Å². The molecule has 1 aromatic carbocycles. The first-order valence-electron chi connectivity index (χ1n) is 12.1. The number of aryl methyl sites for hydroxylation is 1. The minimum atomic E-state index is 0.102. The van der Waals surface area contributed by atoms with Gasteiger partial charge in [0.1, 0.15) is 0 Å². The Morgan fingerprint density at radius 2 is 1.55 bits per heavy atom. The fourth-order valence-corrected chi connectivity index (χ4v) is 5.64. The van der Waals surface area contributed by atoms with Gasteiger partial charge in [0.15, 0.2) is 0 Å². The highest BCUT2D eigenvalue weighted by Gasteiger charge is 2.40. The van der Waals surface area contributed by atoms with Crippen molar-refractivity contribution in [2.24, 2.45) is 0 Å². The highest BCUT2D eigenvalue weighted by Crippen LogP contribution is 2.33. The SMILES string of the molecule is Cc1nn(Cc2ccccc2)c(C)c1CN(Cc1ccncc1)C1CC(C)(C)NC(C)(C)C1. The van der Waals surface area contributed by atoms with E-state index in [4.69, 9.17) is 5.10 Å². The zero-order valence-corrected chi connectivity index (χ0v) is 21.1. The second-order valence-electron chi connectivity index (χ2n) is 11.0. The molecule has 4 rings (SSSR count). The molecule has 5 heteroatoms. The average molecular weight is 446 g/mol. The maximum atomic E-state index is 4.94. The van der Waals surface area contributed by atoms with Crippen molar-refractivity contribution in [3.8, 4) is 0 Å². The first-order valence-corrected chi connectivity index (χ1v) is 12.1. The van der Waals surface area contributed by atoms with Gasteiger partial charge in [0.05, 0.1) is 12.2 Å². The summed E-state index contributed by atoms with van der Waals surface area (Å²) in [5.74, 6) is 0. The van der Waals surface area contributed by atoms with Gasteiger partial charge >= 0.3 is 0 Å². The van der Waals surface area contributed by atoms with Crippen molar-refractivity contribution in [1.82, 2.24) is 25.0 Å². The molecule has 1 N–H and O–H groups in total. The summed E-state index contributed by atoms with van der Waals surface area (Å²) >= 11 is 0. The molecule has 2 aromatic heterocycles. The second-order valence-corrected chi connectivity index (χ2v) is 11.0. The van der Waals surface area contributed by atoms with E-state index in [1.807, 2.05) is 12.4 Å². The van der Waals surface area contributed by atoms with Gasteiger partial charge in [0.25, 0.3) is 0 Å². The average Bonchev–Trinajstić information content (AvgIpc) is 3.00.